The van der Waals surface area contributed by atoms with Crippen LogP contribution in [-0.4, -0.2) is 18.1 Å². The van der Waals surface area contributed by atoms with Crippen LogP contribution in [0, 0.1) is 6.92 Å². The Morgan fingerprint density at radius 3 is 2.62 bits per heavy atom. The summed E-state index contributed by atoms with van der Waals surface area (Å²) in [5.74, 6) is -0.219. The van der Waals surface area contributed by atoms with Crippen molar-refractivity contribution in [3.8, 4) is 0 Å². The molecule has 0 aliphatic heterocycles. The van der Waals surface area contributed by atoms with Crippen molar-refractivity contribution in [3.05, 3.63) is 65.0 Å². The first-order valence-corrected chi connectivity index (χ1v) is 6.95. The number of methoxy groups -OCH3 is 1. The summed E-state index contributed by atoms with van der Waals surface area (Å²) in [5.41, 5.74) is 4.32. The number of hydrogen-bond donors (Lipinski definition) is 1. The first-order valence-electron chi connectivity index (χ1n) is 6.95. The number of rotatable bonds is 6. The summed E-state index contributed by atoms with van der Waals surface area (Å²) in [7, 11) is 1.41. The first kappa shape index (κ1) is 15.2. The number of ether oxygens (including phenoxy) is 1. The molecule has 1 aromatic heterocycles. The van der Waals surface area contributed by atoms with Crippen LogP contribution < -0.4 is 5.32 Å². The van der Waals surface area contributed by atoms with Crippen LogP contribution in [-0.2, 0) is 29.0 Å². The zero-order valence-electron chi connectivity index (χ0n) is 12.4. The number of hydrogen-bond acceptors (Lipinski definition) is 4. The van der Waals surface area contributed by atoms with Crippen molar-refractivity contribution in [2.45, 2.75) is 26.4 Å². The predicted octanol–water partition coefficient (Wildman–Crippen LogP) is 2.40. The minimum Gasteiger partial charge on any atom is -0.469 e. The van der Waals surface area contributed by atoms with Crippen LogP contribution in [0.2, 0.25) is 0 Å². The molecular formula is C17H20N2O2. The van der Waals surface area contributed by atoms with Gasteiger partial charge in [-0.2, -0.15) is 0 Å². The quantitative estimate of drug-likeness (QED) is 0.828. The average molecular weight is 284 g/mol. The molecular weight excluding hydrogens is 264 g/mol. The van der Waals surface area contributed by atoms with Gasteiger partial charge in [0.15, 0.2) is 0 Å². The topological polar surface area (TPSA) is 51.2 Å². The van der Waals surface area contributed by atoms with E-state index in [1.54, 1.807) is 6.20 Å². The van der Waals surface area contributed by atoms with Gasteiger partial charge < -0.3 is 10.1 Å². The average Bonchev–Trinajstić information content (AvgIpc) is 2.50. The van der Waals surface area contributed by atoms with Gasteiger partial charge in [0.25, 0.3) is 0 Å². The monoisotopic (exact) mass is 284 g/mol. The zero-order valence-corrected chi connectivity index (χ0v) is 12.4. The Morgan fingerprint density at radius 2 is 1.90 bits per heavy atom. The summed E-state index contributed by atoms with van der Waals surface area (Å²) in [5, 5.41) is 3.38. The van der Waals surface area contributed by atoms with E-state index in [1.807, 2.05) is 30.3 Å². The van der Waals surface area contributed by atoms with Gasteiger partial charge >= 0.3 is 5.97 Å². The smallest absolute Gasteiger partial charge is 0.309 e. The van der Waals surface area contributed by atoms with Gasteiger partial charge in [-0.3, -0.25) is 9.78 Å². The lowest BCUT2D eigenvalue weighted by atomic mass is 10.0. The molecule has 4 nitrogen and oxygen atoms in total. The number of pyridine rings is 1. The molecule has 1 heterocycles. The molecule has 0 saturated carbocycles. The van der Waals surface area contributed by atoms with Crippen LogP contribution >= 0.6 is 0 Å². The van der Waals surface area contributed by atoms with Crippen molar-refractivity contribution >= 4 is 5.97 Å². The van der Waals surface area contributed by atoms with Gasteiger partial charge in [-0.1, -0.05) is 30.3 Å². The molecule has 0 radical (unpaired) electrons. The number of carbonyl (C=O) groups excluding carboxylic acids is 1. The van der Waals surface area contributed by atoms with E-state index >= 15 is 0 Å². The number of nitrogens with zero attached hydrogens (tertiary/aromatic N) is 1. The van der Waals surface area contributed by atoms with Gasteiger partial charge in [0.1, 0.15) is 0 Å². The molecule has 110 valence electrons. The molecule has 0 bridgehead atoms. The van der Waals surface area contributed by atoms with Crippen molar-refractivity contribution in [2.24, 2.45) is 0 Å². The molecule has 0 aliphatic carbocycles. The second-order valence-electron chi connectivity index (χ2n) is 4.89. The van der Waals surface area contributed by atoms with Crippen molar-refractivity contribution in [2.75, 3.05) is 7.11 Å². The number of carbonyl (C=O) groups is 1. The molecule has 21 heavy (non-hydrogen) atoms. The van der Waals surface area contributed by atoms with Crippen LogP contribution in [0.3, 0.4) is 0 Å². The highest BCUT2D eigenvalue weighted by Gasteiger charge is 2.07. The molecule has 0 atom stereocenters. The molecule has 2 aromatic rings. The van der Waals surface area contributed by atoms with Gasteiger partial charge in [0, 0.05) is 19.3 Å². The summed E-state index contributed by atoms with van der Waals surface area (Å²) in [6.45, 7) is 3.46. The fourth-order valence-electron chi connectivity index (χ4n) is 2.15. The summed E-state index contributed by atoms with van der Waals surface area (Å²) >= 11 is 0. The largest absolute Gasteiger partial charge is 0.469 e. The Bertz CT molecular complexity index is 611. The number of aromatic nitrogens is 1. The number of benzene rings is 1. The summed E-state index contributed by atoms with van der Waals surface area (Å²) in [4.78, 5) is 15.8. The van der Waals surface area contributed by atoms with Crippen LogP contribution in [0.25, 0.3) is 0 Å². The molecule has 0 fully saturated rings. The van der Waals surface area contributed by atoms with E-state index in [4.69, 9.17) is 4.74 Å². The van der Waals surface area contributed by atoms with Gasteiger partial charge in [-0.15, -0.1) is 0 Å². The number of esters is 1. The van der Waals surface area contributed by atoms with E-state index in [-0.39, 0.29) is 5.97 Å². The summed E-state index contributed by atoms with van der Waals surface area (Å²) < 4.78 is 4.73. The lowest BCUT2D eigenvalue weighted by Crippen LogP contribution is -2.16. The fraction of sp³-hybridized carbons (Fsp3) is 0.294. The highest BCUT2D eigenvalue weighted by molar-refractivity contribution is 5.72. The SMILES string of the molecule is COC(=O)Cc1ccccc1CNCc1ncccc1C. The lowest BCUT2D eigenvalue weighted by molar-refractivity contribution is -0.139. The van der Waals surface area contributed by atoms with E-state index in [2.05, 4.69) is 23.3 Å². The molecule has 1 aromatic carbocycles. The zero-order chi connectivity index (χ0) is 15.1. The maximum atomic E-state index is 11.4. The Hall–Kier alpha value is -2.20. The normalized spacial score (nSPS) is 10.4. The molecule has 0 aliphatic rings. The van der Waals surface area contributed by atoms with Gasteiger partial charge in [-0.05, 0) is 29.7 Å². The van der Waals surface area contributed by atoms with E-state index in [0.29, 0.717) is 19.5 Å². The highest BCUT2D eigenvalue weighted by atomic mass is 16.5. The third kappa shape index (κ3) is 4.39. The molecule has 0 spiro atoms. The highest BCUT2D eigenvalue weighted by Crippen LogP contribution is 2.11. The lowest BCUT2D eigenvalue weighted by Gasteiger charge is -2.10. The van der Waals surface area contributed by atoms with E-state index in [1.165, 1.54) is 12.7 Å². The number of nitrogens with one attached hydrogen (secondary N) is 1. The van der Waals surface area contributed by atoms with E-state index in [9.17, 15) is 4.79 Å². The fourth-order valence-corrected chi connectivity index (χ4v) is 2.15. The van der Waals surface area contributed by atoms with Crippen molar-refractivity contribution in [1.29, 1.82) is 0 Å². The second-order valence-corrected chi connectivity index (χ2v) is 4.89. The Kier molecular flexibility index (Phi) is 5.46. The Labute approximate surface area is 125 Å². The molecule has 0 amide bonds. The molecule has 2 rings (SSSR count). The molecule has 4 heteroatoms. The van der Waals surface area contributed by atoms with Gasteiger partial charge in [-0.25, -0.2) is 0 Å². The van der Waals surface area contributed by atoms with Crippen molar-refractivity contribution < 1.29 is 9.53 Å². The van der Waals surface area contributed by atoms with Crippen LogP contribution in [0.5, 0.6) is 0 Å². The van der Waals surface area contributed by atoms with E-state index in [0.717, 1.165) is 16.8 Å². The molecule has 0 saturated heterocycles. The number of aryl methyl sites for hydroxylation is 1. The minimum atomic E-state index is -0.219. The van der Waals surface area contributed by atoms with Crippen LogP contribution in [0.15, 0.2) is 42.6 Å². The predicted molar refractivity (Wildman–Crippen MR) is 81.7 cm³/mol. The van der Waals surface area contributed by atoms with Crippen LogP contribution in [0.4, 0.5) is 0 Å². The summed E-state index contributed by atoms with van der Waals surface area (Å²) in [6.07, 6.45) is 2.10. The molecule has 0 unspecified atom stereocenters. The Morgan fingerprint density at radius 1 is 1.14 bits per heavy atom. The standard InChI is InChI=1S/C17H20N2O2/c1-13-6-5-9-19-16(13)12-18-11-15-8-4-3-7-14(15)10-17(20)21-2/h3-9,18H,10-12H2,1-2H3. The third-order valence-electron chi connectivity index (χ3n) is 3.41. The maximum Gasteiger partial charge on any atom is 0.309 e. The van der Waals surface area contributed by atoms with E-state index < -0.39 is 0 Å². The third-order valence-corrected chi connectivity index (χ3v) is 3.41. The second kappa shape index (κ2) is 7.55. The van der Waals surface area contributed by atoms with Crippen LogP contribution in [0.1, 0.15) is 22.4 Å². The summed E-state index contributed by atoms with van der Waals surface area (Å²) in [6, 6.07) is 11.9. The molecule has 1 N–H and O–H groups in total. The van der Waals surface area contributed by atoms with Crippen molar-refractivity contribution in [1.82, 2.24) is 10.3 Å². The van der Waals surface area contributed by atoms with Gasteiger partial charge in [0.2, 0.25) is 0 Å². The maximum absolute atomic E-state index is 11.4. The minimum absolute atomic E-state index is 0.219. The van der Waals surface area contributed by atoms with Crippen molar-refractivity contribution in [3.63, 3.8) is 0 Å². The first-order chi connectivity index (χ1) is 10.2. The van der Waals surface area contributed by atoms with Gasteiger partial charge in [0.05, 0.1) is 19.2 Å². The Balaban J connectivity index is 1.97.